The minimum atomic E-state index is -3.60. The van der Waals surface area contributed by atoms with Gasteiger partial charge in [-0.05, 0) is 37.1 Å². The molecule has 0 radical (unpaired) electrons. The van der Waals surface area contributed by atoms with Gasteiger partial charge in [-0.15, -0.1) is 0 Å². The van der Waals surface area contributed by atoms with Crippen molar-refractivity contribution in [2.75, 3.05) is 18.4 Å². The summed E-state index contributed by atoms with van der Waals surface area (Å²) in [5.74, 6) is -0.789. The zero-order chi connectivity index (χ0) is 21.1. The van der Waals surface area contributed by atoms with Gasteiger partial charge in [0.15, 0.2) is 0 Å². The van der Waals surface area contributed by atoms with Crippen LogP contribution in [-0.4, -0.2) is 37.7 Å². The maximum atomic E-state index is 13.0. The molecule has 0 spiro atoms. The summed E-state index contributed by atoms with van der Waals surface area (Å²) in [6, 6.07) is 13.3. The SMILES string of the molecule is O=C(C[C@H]1OC(=O)c2ccccc21)Nc1cccc(S(=O)(=O)N2CCCCCC2)c1. The van der Waals surface area contributed by atoms with E-state index in [0.29, 0.717) is 29.9 Å². The van der Waals surface area contributed by atoms with E-state index in [1.54, 1.807) is 42.5 Å². The Bertz CT molecular complexity index is 1060. The number of sulfonamides is 1. The van der Waals surface area contributed by atoms with Gasteiger partial charge < -0.3 is 10.1 Å². The fourth-order valence-electron chi connectivity index (χ4n) is 3.92. The molecule has 2 aromatic rings. The molecule has 1 saturated heterocycles. The Kier molecular flexibility index (Phi) is 5.87. The first-order valence-corrected chi connectivity index (χ1v) is 11.6. The van der Waals surface area contributed by atoms with Crippen molar-refractivity contribution in [1.82, 2.24) is 4.31 Å². The van der Waals surface area contributed by atoms with Crippen LogP contribution in [0, 0.1) is 0 Å². The molecule has 0 aliphatic carbocycles. The lowest BCUT2D eigenvalue weighted by Gasteiger charge is -2.20. The van der Waals surface area contributed by atoms with Gasteiger partial charge in [-0.3, -0.25) is 4.79 Å². The Labute approximate surface area is 176 Å². The molecule has 2 aliphatic rings. The van der Waals surface area contributed by atoms with Gasteiger partial charge in [-0.2, -0.15) is 4.31 Å². The number of rotatable bonds is 5. The molecule has 0 unspecified atom stereocenters. The van der Waals surface area contributed by atoms with Crippen molar-refractivity contribution in [3.05, 3.63) is 59.7 Å². The Morgan fingerprint density at radius 2 is 1.77 bits per heavy atom. The van der Waals surface area contributed by atoms with Crippen molar-refractivity contribution in [2.45, 2.75) is 43.1 Å². The number of nitrogens with one attached hydrogen (secondary N) is 1. The molecule has 158 valence electrons. The van der Waals surface area contributed by atoms with Crippen LogP contribution in [0.4, 0.5) is 5.69 Å². The predicted octanol–water partition coefficient (Wildman–Crippen LogP) is 3.49. The first-order chi connectivity index (χ1) is 14.4. The number of amides is 1. The summed E-state index contributed by atoms with van der Waals surface area (Å²) < 4.78 is 32.8. The summed E-state index contributed by atoms with van der Waals surface area (Å²) in [6.45, 7) is 1.04. The van der Waals surface area contributed by atoms with E-state index in [-0.39, 0.29) is 17.2 Å². The molecule has 1 amide bonds. The average Bonchev–Trinajstić information content (AvgIpc) is 2.91. The van der Waals surface area contributed by atoms with Crippen molar-refractivity contribution in [1.29, 1.82) is 0 Å². The average molecular weight is 429 g/mol. The molecule has 4 rings (SSSR count). The number of fused-ring (bicyclic) bond motifs is 1. The van der Waals surface area contributed by atoms with Crippen LogP contribution in [-0.2, 0) is 19.6 Å². The van der Waals surface area contributed by atoms with Crippen molar-refractivity contribution in [3.63, 3.8) is 0 Å². The summed E-state index contributed by atoms with van der Waals surface area (Å²) in [5, 5.41) is 2.73. The lowest BCUT2D eigenvalue weighted by Crippen LogP contribution is -2.32. The molecular formula is C22H24N2O5S. The molecule has 30 heavy (non-hydrogen) atoms. The molecular weight excluding hydrogens is 404 g/mol. The molecule has 1 N–H and O–H groups in total. The number of ether oxygens (including phenoxy) is 1. The smallest absolute Gasteiger partial charge is 0.339 e. The lowest BCUT2D eigenvalue weighted by molar-refractivity contribution is -0.118. The second-order valence-corrected chi connectivity index (χ2v) is 9.52. The number of anilines is 1. The third-order valence-electron chi connectivity index (χ3n) is 5.47. The van der Waals surface area contributed by atoms with Gasteiger partial charge in [0.1, 0.15) is 6.10 Å². The van der Waals surface area contributed by atoms with Gasteiger partial charge in [0.05, 0.1) is 16.9 Å². The number of carbonyl (C=O) groups is 2. The van der Waals surface area contributed by atoms with E-state index < -0.39 is 22.1 Å². The first-order valence-electron chi connectivity index (χ1n) is 10.1. The Morgan fingerprint density at radius 3 is 2.53 bits per heavy atom. The highest BCUT2D eigenvalue weighted by molar-refractivity contribution is 7.89. The highest BCUT2D eigenvalue weighted by atomic mass is 32.2. The molecule has 2 aromatic carbocycles. The second-order valence-electron chi connectivity index (χ2n) is 7.58. The highest BCUT2D eigenvalue weighted by Crippen LogP contribution is 2.33. The standard InChI is InChI=1S/C22H24N2O5S/c25-21(15-20-18-10-3-4-11-19(18)22(26)29-20)23-16-8-7-9-17(14-16)30(27,28)24-12-5-1-2-6-13-24/h3-4,7-11,14,20H,1-2,5-6,12-13,15H2,(H,23,25)/t20-/m1/s1. The van der Waals surface area contributed by atoms with Gasteiger partial charge in [0.2, 0.25) is 15.9 Å². The molecule has 0 bridgehead atoms. The maximum Gasteiger partial charge on any atom is 0.339 e. The number of hydrogen-bond acceptors (Lipinski definition) is 5. The normalized spacial score (nSPS) is 19.6. The van der Waals surface area contributed by atoms with Crippen LogP contribution >= 0.6 is 0 Å². The van der Waals surface area contributed by atoms with Crippen LogP contribution in [0.15, 0.2) is 53.4 Å². The van der Waals surface area contributed by atoms with Crippen molar-refractivity contribution in [3.8, 4) is 0 Å². The number of hydrogen-bond donors (Lipinski definition) is 1. The third kappa shape index (κ3) is 4.24. The van der Waals surface area contributed by atoms with E-state index in [0.717, 1.165) is 25.7 Å². The van der Waals surface area contributed by atoms with Gasteiger partial charge in [0.25, 0.3) is 0 Å². The summed E-state index contributed by atoms with van der Waals surface area (Å²) in [6.07, 6.45) is 3.12. The van der Waals surface area contributed by atoms with Gasteiger partial charge >= 0.3 is 5.97 Å². The van der Waals surface area contributed by atoms with E-state index >= 15 is 0 Å². The molecule has 2 aliphatic heterocycles. The zero-order valence-corrected chi connectivity index (χ0v) is 17.4. The lowest BCUT2D eigenvalue weighted by atomic mass is 10.0. The number of nitrogens with zero attached hydrogens (tertiary/aromatic N) is 1. The maximum absolute atomic E-state index is 13.0. The number of esters is 1. The van der Waals surface area contributed by atoms with E-state index in [2.05, 4.69) is 5.32 Å². The van der Waals surface area contributed by atoms with E-state index in [1.807, 2.05) is 0 Å². The number of carbonyl (C=O) groups excluding carboxylic acids is 2. The highest BCUT2D eigenvalue weighted by Gasteiger charge is 2.32. The van der Waals surface area contributed by atoms with Gasteiger partial charge in [-0.25, -0.2) is 13.2 Å². The number of benzene rings is 2. The molecule has 2 heterocycles. The Hall–Kier alpha value is -2.71. The summed E-state index contributed by atoms with van der Waals surface area (Å²) >= 11 is 0. The molecule has 8 heteroatoms. The molecule has 0 saturated carbocycles. The van der Waals surface area contributed by atoms with Crippen LogP contribution in [0.5, 0.6) is 0 Å². The van der Waals surface area contributed by atoms with Gasteiger partial charge in [-0.1, -0.05) is 37.1 Å². The van der Waals surface area contributed by atoms with Crippen LogP contribution in [0.3, 0.4) is 0 Å². The Balaban J connectivity index is 1.46. The van der Waals surface area contributed by atoms with E-state index in [4.69, 9.17) is 4.74 Å². The summed E-state index contributed by atoms with van der Waals surface area (Å²) in [5.41, 5.74) is 1.56. The fraction of sp³-hybridized carbons (Fsp3) is 0.364. The second kappa shape index (κ2) is 8.57. The fourth-order valence-corrected chi connectivity index (χ4v) is 5.48. The van der Waals surface area contributed by atoms with E-state index in [9.17, 15) is 18.0 Å². The molecule has 1 atom stereocenters. The summed E-state index contributed by atoms with van der Waals surface area (Å²) in [7, 11) is -3.60. The van der Waals surface area contributed by atoms with Gasteiger partial charge in [0, 0.05) is 24.3 Å². The van der Waals surface area contributed by atoms with Crippen LogP contribution in [0.25, 0.3) is 0 Å². The van der Waals surface area contributed by atoms with E-state index in [1.165, 1.54) is 10.4 Å². The quantitative estimate of drug-likeness (QED) is 0.736. The van der Waals surface area contributed by atoms with Crippen LogP contribution in [0.1, 0.15) is 54.1 Å². The van der Waals surface area contributed by atoms with Crippen LogP contribution in [0.2, 0.25) is 0 Å². The largest absolute Gasteiger partial charge is 0.453 e. The summed E-state index contributed by atoms with van der Waals surface area (Å²) in [4.78, 5) is 24.6. The third-order valence-corrected chi connectivity index (χ3v) is 7.36. The topological polar surface area (TPSA) is 92.8 Å². The first kappa shape index (κ1) is 20.6. The predicted molar refractivity (Wildman–Crippen MR) is 112 cm³/mol. The minimum Gasteiger partial charge on any atom is -0.453 e. The Morgan fingerprint density at radius 1 is 1.03 bits per heavy atom. The number of cyclic esters (lactones) is 1. The zero-order valence-electron chi connectivity index (χ0n) is 16.5. The minimum absolute atomic E-state index is 0.0359. The van der Waals surface area contributed by atoms with Crippen molar-refractivity contribution < 1.29 is 22.7 Å². The monoisotopic (exact) mass is 428 g/mol. The van der Waals surface area contributed by atoms with Crippen molar-refractivity contribution >= 4 is 27.6 Å². The van der Waals surface area contributed by atoms with Crippen LogP contribution < -0.4 is 5.32 Å². The molecule has 7 nitrogen and oxygen atoms in total. The molecule has 0 aromatic heterocycles. The molecule has 1 fully saturated rings. The van der Waals surface area contributed by atoms with Crippen molar-refractivity contribution in [2.24, 2.45) is 0 Å².